The lowest BCUT2D eigenvalue weighted by Crippen LogP contribution is -2.27. The third kappa shape index (κ3) is 2.47. The maximum atomic E-state index is 5.43. The van der Waals surface area contributed by atoms with Gasteiger partial charge in [0.2, 0.25) is 11.9 Å². The zero-order valence-corrected chi connectivity index (χ0v) is 12.1. The van der Waals surface area contributed by atoms with Crippen molar-refractivity contribution in [1.29, 1.82) is 0 Å². The fourth-order valence-electron chi connectivity index (χ4n) is 2.58. The first kappa shape index (κ1) is 13.6. The summed E-state index contributed by atoms with van der Waals surface area (Å²) >= 11 is 0. The Bertz CT molecular complexity index is 647. The summed E-state index contributed by atoms with van der Waals surface area (Å²) in [5.74, 6) is 6.27. The molecule has 0 aliphatic carbocycles. The number of benzene rings is 1. The molecule has 3 N–H and O–H groups in total. The molecule has 1 aliphatic heterocycles. The summed E-state index contributed by atoms with van der Waals surface area (Å²) in [7, 11) is 0. The molecule has 1 aromatic heterocycles. The highest BCUT2D eigenvalue weighted by molar-refractivity contribution is 5.67. The molecule has 21 heavy (non-hydrogen) atoms. The van der Waals surface area contributed by atoms with Crippen molar-refractivity contribution in [2.75, 3.05) is 16.9 Å². The van der Waals surface area contributed by atoms with Gasteiger partial charge in [0, 0.05) is 11.7 Å². The van der Waals surface area contributed by atoms with E-state index in [1.54, 1.807) is 0 Å². The molecule has 1 atom stereocenters. The van der Waals surface area contributed by atoms with E-state index < -0.39 is 0 Å². The molecule has 1 aliphatic rings. The second-order valence-electron chi connectivity index (χ2n) is 4.87. The van der Waals surface area contributed by atoms with E-state index in [-0.39, 0.29) is 12.1 Å². The maximum Gasteiger partial charge on any atom is 0.323 e. The van der Waals surface area contributed by atoms with Crippen LogP contribution in [0.25, 0.3) is 0 Å². The molecule has 0 amide bonds. The molecule has 2 heterocycles. The second-order valence-corrected chi connectivity index (χ2v) is 4.87. The molecule has 7 nitrogen and oxygen atoms in total. The zero-order chi connectivity index (χ0) is 14.8. The predicted molar refractivity (Wildman–Crippen MR) is 80.6 cm³/mol. The van der Waals surface area contributed by atoms with Gasteiger partial charge in [0.05, 0.1) is 6.61 Å². The van der Waals surface area contributed by atoms with Crippen LogP contribution in [-0.4, -0.2) is 27.6 Å². The maximum absolute atomic E-state index is 5.43. The van der Waals surface area contributed by atoms with Gasteiger partial charge in [-0.25, -0.2) is 5.84 Å². The van der Waals surface area contributed by atoms with Gasteiger partial charge in [0.25, 0.3) is 0 Å². The normalized spacial score (nSPS) is 16.7. The van der Waals surface area contributed by atoms with Crippen LogP contribution in [0.15, 0.2) is 24.3 Å². The molecule has 110 valence electrons. The van der Waals surface area contributed by atoms with E-state index in [1.807, 2.05) is 19.1 Å². The number of anilines is 3. The summed E-state index contributed by atoms with van der Waals surface area (Å²) in [6.45, 7) is 4.51. The van der Waals surface area contributed by atoms with Gasteiger partial charge in [-0.05, 0) is 31.9 Å². The summed E-state index contributed by atoms with van der Waals surface area (Å²) < 4.78 is 5.39. The van der Waals surface area contributed by atoms with Crippen LogP contribution in [0.5, 0.6) is 6.01 Å². The van der Waals surface area contributed by atoms with Gasteiger partial charge >= 0.3 is 6.01 Å². The standard InChI is InChI=1S/C14H18N6O/c1-3-21-14-17-12(19-15)16-13(18-14)20-9(2)8-10-6-4-5-7-11(10)20/h4-7,9H,3,8,15H2,1-2H3,(H,16,17,18,19). The third-order valence-corrected chi connectivity index (χ3v) is 3.43. The fourth-order valence-corrected chi connectivity index (χ4v) is 2.58. The van der Waals surface area contributed by atoms with Crippen molar-refractivity contribution in [2.45, 2.75) is 26.3 Å². The lowest BCUT2D eigenvalue weighted by molar-refractivity contribution is 0.312. The average molecular weight is 286 g/mol. The quantitative estimate of drug-likeness (QED) is 0.652. The Morgan fingerprint density at radius 1 is 1.33 bits per heavy atom. The van der Waals surface area contributed by atoms with Crippen LogP contribution in [0.3, 0.4) is 0 Å². The molecule has 0 fully saturated rings. The molecule has 1 aromatic carbocycles. The number of nitrogens with one attached hydrogen (secondary N) is 1. The van der Waals surface area contributed by atoms with Gasteiger partial charge in [-0.3, -0.25) is 5.43 Å². The number of hydrogen-bond acceptors (Lipinski definition) is 7. The number of nitrogens with zero attached hydrogens (tertiary/aromatic N) is 4. The zero-order valence-electron chi connectivity index (χ0n) is 12.1. The molecule has 7 heteroatoms. The van der Waals surface area contributed by atoms with Crippen LogP contribution in [-0.2, 0) is 6.42 Å². The Morgan fingerprint density at radius 2 is 2.14 bits per heavy atom. The number of aromatic nitrogens is 3. The molecule has 0 saturated heterocycles. The first-order valence-electron chi connectivity index (χ1n) is 6.95. The highest BCUT2D eigenvalue weighted by Crippen LogP contribution is 2.36. The first-order valence-corrected chi connectivity index (χ1v) is 6.95. The average Bonchev–Trinajstić information content (AvgIpc) is 2.83. The summed E-state index contributed by atoms with van der Waals surface area (Å²) in [6.07, 6.45) is 0.956. The number of nitrogen functional groups attached to an aromatic ring is 1. The van der Waals surface area contributed by atoms with Crippen molar-refractivity contribution < 1.29 is 4.74 Å². The Balaban J connectivity index is 2.05. The van der Waals surface area contributed by atoms with Crippen LogP contribution in [0.1, 0.15) is 19.4 Å². The fraction of sp³-hybridized carbons (Fsp3) is 0.357. The highest BCUT2D eigenvalue weighted by Gasteiger charge is 2.29. The van der Waals surface area contributed by atoms with Gasteiger partial charge < -0.3 is 9.64 Å². The SMILES string of the molecule is CCOc1nc(NN)nc(N2c3ccccc3CC2C)n1. The van der Waals surface area contributed by atoms with Crippen molar-refractivity contribution in [3.05, 3.63) is 29.8 Å². The van der Waals surface area contributed by atoms with Crippen molar-refractivity contribution in [3.63, 3.8) is 0 Å². The van der Waals surface area contributed by atoms with E-state index in [2.05, 4.69) is 44.3 Å². The molecule has 0 saturated carbocycles. The van der Waals surface area contributed by atoms with E-state index in [4.69, 9.17) is 10.6 Å². The van der Waals surface area contributed by atoms with Crippen LogP contribution in [0, 0.1) is 0 Å². The molecule has 2 aromatic rings. The van der Waals surface area contributed by atoms with E-state index >= 15 is 0 Å². The lowest BCUT2D eigenvalue weighted by Gasteiger charge is -2.23. The van der Waals surface area contributed by atoms with Crippen LogP contribution < -0.4 is 20.9 Å². The summed E-state index contributed by atoms with van der Waals surface area (Å²) in [5.41, 5.74) is 4.86. The molecular formula is C14H18N6O. The molecule has 0 bridgehead atoms. The van der Waals surface area contributed by atoms with Crippen molar-refractivity contribution in [1.82, 2.24) is 15.0 Å². The van der Waals surface area contributed by atoms with Gasteiger partial charge in [-0.15, -0.1) is 0 Å². The lowest BCUT2D eigenvalue weighted by atomic mass is 10.1. The number of fused-ring (bicyclic) bond motifs is 1. The minimum absolute atomic E-state index is 0.268. The van der Waals surface area contributed by atoms with Crippen LogP contribution in [0.2, 0.25) is 0 Å². The Kier molecular flexibility index (Phi) is 3.57. The largest absolute Gasteiger partial charge is 0.464 e. The number of rotatable bonds is 4. The van der Waals surface area contributed by atoms with Gasteiger partial charge in [-0.2, -0.15) is 15.0 Å². The van der Waals surface area contributed by atoms with Crippen LogP contribution >= 0.6 is 0 Å². The van der Waals surface area contributed by atoms with Gasteiger partial charge in [0.1, 0.15) is 0 Å². The summed E-state index contributed by atoms with van der Waals surface area (Å²) in [4.78, 5) is 14.9. The number of nitrogens with two attached hydrogens (primary N) is 1. The molecule has 1 unspecified atom stereocenters. The minimum atomic E-state index is 0.268. The highest BCUT2D eigenvalue weighted by atomic mass is 16.5. The predicted octanol–water partition coefficient (Wildman–Crippen LogP) is 1.64. The summed E-state index contributed by atoms with van der Waals surface area (Å²) in [6, 6.07) is 8.78. The first-order chi connectivity index (χ1) is 10.2. The van der Waals surface area contributed by atoms with E-state index in [0.29, 0.717) is 18.5 Å². The molecular weight excluding hydrogens is 268 g/mol. The monoisotopic (exact) mass is 286 g/mol. The number of para-hydroxylation sites is 1. The number of hydrogen-bond donors (Lipinski definition) is 2. The third-order valence-electron chi connectivity index (χ3n) is 3.43. The van der Waals surface area contributed by atoms with Crippen molar-refractivity contribution in [2.24, 2.45) is 5.84 Å². The van der Waals surface area contributed by atoms with E-state index in [9.17, 15) is 0 Å². The Hall–Kier alpha value is -2.41. The topological polar surface area (TPSA) is 89.2 Å². The number of hydrazine groups is 1. The molecule has 0 radical (unpaired) electrons. The second kappa shape index (κ2) is 5.53. The number of ether oxygens (including phenoxy) is 1. The van der Waals surface area contributed by atoms with E-state index in [0.717, 1.165) is 12.1 Å². The van der Waals surface area contributed by atoms with Crippen LogP contribution in [0.4, 0.5) is 17.6 Å². The minimum Gasteiger partial charge on any atom is -0.464 e. The van der Waals surface area contributed by atoms with Gasteiger partial charge in [-0.1, -0.05) is 18.2 Å². The van der Waals surface area contributed by atoms with E-state index in [1.165, 1.54) is 5.56 Å². The van der Waals surface area contributed by atoms with Crippen molar-refractivity contribution in [3.8, 4) is 6.01 Å². The van der Waals surface area contributed by atoms with Gasteiger partial charge in [0.15, 0.2) is 0 Å². The Labute approximate surface area is 123 Å². The Morgan fingerprint density at radius 3 is 2.90 bits per heavy atom. The molecule has 3 rings (SSSR count). The molecule has 0 spiro atoms. The van der Waals surface area contributed by atoms with Crippen molar-refractivity contribution >= 4 is 17.6 Å². The smallest absolute Gasteiger partial charge is 0.323 e. The summed E-state index contributed by atoms with van der Waals surface area (Å²) in [5, 5.41) is 0.